The summed E-state index contributed by atoms with van der Waals surface area (Å²) in [6, 6.07) is 8.66. The van der Waals surface area contributed by atoms with Crippen LogP contribution in [0.1, 0.15) is 73.4 Å². The third kappa shape index (κ3) is 24.1. The van der Waals surface area contributed by atoms with E-state index in [0.29, 0.717) is 0 Å². The van der Waals surface area contributed by atoms with Crippen molar-refractivity contribution in [2.75, 3.05) is 0 Å². The van der Waals surface area contributed by atoms with Crippen LogP contribution in [0.5, 0.6) is 0 Å². The number of allylic oxidation sites excluding steroid dienone is 3. The van der Waals surface area contributed by atoms with E-state index < -0.39 is 0 Å². The molecule has 1 rings (SSSR count). The Morgan fingerprint density at radius 2 is 1.33 bits per heavy atom. The lowest BCUT2D eigenvalue weighted by molar-refractivity contribution is 1.14. The maximum absolute atomic E-state index is 3.56. The molecule has 0 heteroatoms. The van der Waals surface area contributed by atoms with Crippen LogP contribution in [0.4, 0.5) is 0 Å². The molecule has 0 N–H and O–H groups in total. The summed E-state index contributed by atoms with van der Waals surface area (Å²) in [4.78, 5) is 0. The topological polar surface area (TPSA) is 0 Å². The van der Waals surface area contributed by atoms with E-state index in [0.717, 1.165) is 6.42 Å². The summed E-state index contributed by atoms with van der Waals surface area (Å²) in [5, 5.41) is 0. The van der Waals surface area contributed by atoms with Gasteiger partial charge in [-0.15, -0.1) is 0 Å². The molecular weight excluding hydrogens is 252 g/mol. The molecule has 21 heavy (non-hydrogen) atoms. The first-order valence-electron chi connectivity index (χ1n) is 8.44. The fourth-order valence-corrected chi connectivity index (χ4v) is 0.942. The van der Waals surface area contributed by atoms with E-state index in [4.69, 9.17) is 0 Å². The van der Waals surface area contributed by atoms with E-state index in [1.165, 1.54) is 16.7 Å². The summed E-state index contributed by atoms with van der Waals surface area (Å²) in [7, 11) is 0. The van der Waals surface area contributed by atoms with Gasteiger partial charge in [-0.1, -0.05) is 103 Å². The van der Waals surface area contributed by atoms with Gasteiger partial charge in [-0.3, -0.25) is 0 Å². The molecule has 0 saturated carbocycles. The van der Waals surface area contributed by atoms with Gasteiger partial charge in [0.2, 0.25) is 0 Å². The molecule has 0 aliphatic carbocycles. The third-order valence-electron chi connectivity index (χ3n) is 2.31. The zero-order chi connectivity index (χ0) is 17.7. The minimum absolute atomic E-state index is 1.14. The third-order valence-corrected chi connectivity index (χ3v) is 2.31. The van der Waals surface area contributed by atoms with Gasteiger partial charge in [0.05, 0.1) is 0 Å². The molecule has 0 aromatic heterocycles. The van der Waals surface area contributed by atoms with Gasteiger partial charge in [0.25, 0.3) is 0 Å². The number of aryl methyl sites for hydroxylation is 2. The van der Waals surface area contributed by atoms with Gasteiger partial charge in [-0.25, -0.2) is 0 Å². The Morgan fingerprint density at radius 3 is 1.52 bits per heavy atom. The van der Waals surface area contributed by atoms with Gasteiger partial charge >= 0.3 is 0 Å². The molecule has 0 aliphatic rings. The van der Waals surface area contributed by atoms with Crippen molar-refractivity contribution in [3.05, 3.63) is 59.7 Å². The fraction of sp³-hybridized carbons (Fsp3) is 0.524. The van der Waals surface area contributed by atoms with Crippen molar-refractivity contribution in [2.24, 2.45) is 0 Å². The summed E-state index contributed by atoms with van der Waals surface area (Å²) in [5.74, 6) is 0. The summed E-state index contributed by atoms with van der Waals surface area (Å²) >= 11 is 0. The molecule has 1 aromatic rings. The first-order chi connectivity index (χ1) is 10.1. The standard InChI is InChI=1S/C9H12.C6H10.3C2H6/c1-3-9-6-4-8(2)5-7-9;1-4-6(3)5-2;3*1-2/h4-7H,3H2,1-2H3;4-5H,1H2,2-3H3;3*1-2H3/b;6-5-;;;. The Kier molecular flexibility index (Phi) is 36.1. The number of benzene rings is 1. The Morgan fingerprint density at radius 1 is 0.952 bits per heavy atom. The van der Waals surface area contributed by atoms with Crippen LogP contribution in [-0.4, -0.2) is 0 Å². The molecule has 0 nitrogen and oxygen atoms in total. The highest BCUT2D eigenvalue weighted by atomic mass is 13.9. The van der Waals surface area contributed by atoms with E-state index >= 15 is 0 Å². The van der Waals surface area contributed by atoms with Gasteiger partial charge in [0.15, 0.2) is 0 Å². The predicted octanol–water partition coefficient (Wildman–Crippen LogP) is 7.77. The molecular formula is C21H40. The lowest BCUT2D eigenvalue weighted by Gasteiger charge is -1.94. The van der Waals surface area contributed by atoms with Gasteiger partial charge in [0, 0.05) is 0 Å². The Bertz CT molecular complexity index is 301. The van der Waals surface area contributed by atoms with Crippen molar-refractivity contribution >= 4 is 0 Å². The van der Waals surface area contributed by atoms with Crippen LogP contribution < -0.4 is 0 Å². The first kappa shape index (κ1) is 27.9. The summed E-state index contributed by atoms with van der Waals surface area (Å²) in [5.41, 5.74) is 3.99. The molecule has 0 unspecified atom stereocenters. The van der Waals surface area contributed by atoms with Crippen molar-refractivity contribution in [2.45, 2.75) is 75.7 Å². The van der Waals surface area contributed by atoms with Crippen molar-refractivity contribution in [3.8, 4) is 0 Å². The molecule has 0 spiro atoms. The second-order valence-electron chi connectivity index (χ2n) is 3.58. The Hall–Kier alpha value is -1.30. The minimum atomic E-state index is 1.14. The van der Waals surface area contributed by atoms with Crippen LogP contribution in [-0.2, 0) is 6.42 Å². The van der Waals surface area contributed by atoms with E-state index in [-0.39, 0.29) is 0 Å². The minimum Gasteiger partial charge on any atom is -0.0988 e. The van der Waals surface area contributed by atoms with Crippen LogP contribution in [0.25, 0.3) is 0 Å². The maximum atomic E-state index is 3.56. The Labute approximate surface area is 136 Å². The van der Waals surface area contributed by atoms with Crippen LogP contribution in [0.2, 0.25) is 0 Å². The van der Waals surface area contributed by atoms with Crippen molar-refractivity contribution in [1.29, 1.82) is 0 Å². The Balaban J connectivity index is -0.000000106. The molecule has 0 heterocycles. The highest BCUT2D eigenvalue weighted by molar-refractivity contribution is 5.20. The van der Waals surface area contributed by atoms with Crippen LogP contribution in [0, 0.1) is 6.92 Å². The molecule has 0 fully saturated rings. The molecule has 124 valence electrons. The predicted molar refractivity (Wildman–Crippen MR) is 104 cm³/mol. The fourth-order valence-electron chi connectivity index (χ4n) is 0.942. The number of rotatable bonds is 2. The van der Waals surface area contributed by atoms with E-state index in [1.54, 1.807) is 0 Å². The first-order valence-corrected chi connectivity index (χ1v) is 8.44. The largest absolute Gasteiger partial charge is 0.0988 e. The summed E-state index contributed by atoms with van der Waals surface area (Å²) < 4.78 is 0. The molecule has 0 atom stereocenters. The van der Waals surface area contributed by atoms with E-state index in [9.17, 15) is 0 Å². The molecule has 0 saturated heterocycles. The van der Waals surface area contributed by atoms with Crippen LogP contribution in [0.3, 0.4) is 0 Å². The zero-order valence-corrected chi connectivity index (χ0v) is 16.4. The second kappa shape index (κ2) is 27.1. The summed E-state index contributed by atoms with van der Waals surface area (Å²) in [6.07, 6.45) is 4.99. The molecule has 1 aromatic carbocycles. The normalized spacial score (nSPS) is 8.19. The second-order valence-corrected chi connectivity index (χ2v) is 3.58. The molecule has 0 bridgehead atoms. The SMILES string of the molecule is C=C/C(C)=C\C.CC.CC.CC.CCc1ccc(C)cc1. The monoisotopic (exact) mass is 292 g/mol. The van der Waals surface area contributed by atoms with Crippen LogP contribution >= 0.6 is 0 Å². The lowest BCUT2D eigenvalue weighted by atomic mass is 10.1. The van der Waals surface area contributed by atoms with Crippen molar-refractivity contribution in [3.63, 3.8) is 0 Å². The van der Waals surface area contributed by atoms with Gasteiger partial charge in [0.1, 0.15) is 0 Å². The lowest BCUT2D eigenvalue weighted by Crippen LogP contribution is -1.77. The summed E-state index contributed by atoms with van der Waals surface area (Å²) in [6.45, 7) is 23.9. The van der Waals surface area contributed by atoms with Gasteiger partial charge in [-0.2, -0.15) is 0 Å². The van der Waals surface area contributed by atoms with Gasteiger partial charge in [-0.05, 0) is 32.8 Å². The van der Waals surface area contributed by atoms with Crippen molar-refractivity contribution < 1.29 is 0 Å². The zero-order valence-electron chi connectivity index (χ0n) is 16.4. The quantitative estimate of drug-likeness (QED) is 0.488. The molecule has 0 radical (unpaired) electrons. The van der Waals surface area contributed by atoms with Gasteiger partial charge < -0.3 is 0 Å². The molecule has 0 aliphatic heterocycles. The average molecular weight is 293 g/mol. The number of hydrogen-bond acceptors (Lipinski definition) is 0. The van der Waals surface area contributed by atoms with Crippen molar-refractivity contribution in [1.82, 2.24) is 0 Å². The smallest absolute Gasteiger partial charge is 0.0307 e. The average Bonchev–Trinajstić information content (AvgIpc) is 2.60. The highest BCUT2D eigenvalue weighted by Crippen LogP contribution is 2.02. The molecule has 0 amide bonds. The highest BCUT2D eigenvalue weighted by Gasteiger charge is 1.84. The van der Waals surface area contributed by atoms with E-state index in [1.807, 2.05) is 67.5 Å². The maximum Gasteiger partial charge on any atom is -0.0307 e. The van der Waals surface area contributed by atoms with E-state index in [2.05, 4.69) is 44.7 Å². The number of hydrogen-bond donors (Lipinski definition) is 0. The van der Waals surface area contributed by atoms with Crippen LogP contribution in [0.15, 0.2) is 48.6 Å².